The normalized spacial score (nSPS) is 11.9. The number of fused-ring (bicyclic) bond motifs is 1. The summed E-state index contributed by atoms with van der Waals surface area (Å²) in [5.74, 6) is 0.698. The van der Waals surface area contributed by atoms with E-state index in [0.717, 1.165) is 16.5 Å². The fourth-order valence-corrected chi connectivity index (χ4v) is 20.8. The first-order valence-corrected chi connectivity index (χ1v) is 19.7. The van der Waals surface area contributed by atoms with E-state index in [4.69, 9.17) is 4.42 Å². The zero-order valence-corrected chi connectivity index (χ0v) is 22.7. The molecule has 0 fully saturated rings. The van der Waals surface area contributed by atoms with Crippen LogP contribution in [0.3, 0.4) is 0 Å². The monoisotopic (exact) mass is 526 g/mol. The van der Waals surface area contributed by atoms with Crippen molar-refractivity contribution >= 4 is 32.9 Å². The van der Waals surface area contributed by atoms with Crippen LogP contribution < -0.4 is 9.01 Å². The maximum absolute atomic E-state index is 13.4. The third kappa shape index (κ3) is 5.45. The quantitative estimate of drug-likeness (QED) is 0.239. The van der Waals surface area contributed by atoms with Crippen LogP contribution in [0.4, 0.5) is 0 Å². The summed E-state index contributed by atoms with van der Waals surface area (Å²) in [5.41, 5.74) is 2.53. The van der Waals surface area contributed by atoms with Crippen LogP contribution in [0.15, 0.2) is 57.7 Å². The van der Waals surface area contributed by atoms with E-state index in [9.17, 15) is 4.79 Å². The second kappa shape index (κ2) is 11.4. The van der Waals surface area contributed by atoms with Crippen molar-refractivity contribution in [3.63, 3.8) is 0 Å². The fraction of sp³-hybridized carbons (Fsp3) is 0.464. The van der Waals surface area contributed by atoms with Crippen molar-refractivity contribution in [3.05, 3.63) is 64.3 Å². The Labute approximate surface area is 191 Å². The molecule has 166 valence electrons. The first kappa shape index (κ1) is 24.1. The van der Waals surface area contributed by atoms with Crippen LogP contribution in [0.1, 0.15) is 64.9 Å². The number of benzene rings is 2. The standard InChI is InChI=1S/C16H11O2.3C4H9.Sn/c1-11-15(17)13-9-5-6-10-14(13)18-16(11)12-7-3-2-4-8-12;3*1-3-4-2;/h2-4,6-10H,1H3;3*1,3-4H2,2H3;. The minimum atomic E-state index is -2.58. The summed E-state index contributed by atoms with van der Waals surface area (Å²) in [6.45, 7) is 8.82. The third-order valence-electron chi connectivity index (χ3n) is 6.79. The van der Waals surface area contributed by atoms with Gasteiger partial charge in [0.2, 0.25) is 0 Å². The Kier molecular flexibility index (Phi) is 8.83. The molecule has 0 aliphatic heterocycles. The Morgan fingerprint density at radius 2 is 1.39 bits per heavy atom. The van der Waals surface area contributed by atoms with Crippen LogP contribution in [-0.4, -0.2) is 18.4 Å². The van der Waals surface area contributed by atoms with Gasteiger partial charge in [-0.3, -0.25) is 0 Å². The summed E-state index contributed by atoms with van der Waals surface area (Å²) >= 11 is -2.58. The predicted molar refractivity (Wildman–Crippen MR) is 137 cm³/mol. The second-order valence-electron chi connectivity index (χ2n) is 9.05. The first-order valence-electron chi connectivity index (χ1n) is 12.2. The van der Waals surface area contributed by atoms with E-state index in [-0.39, 0.29) is 5.43 Å². The molecule has 0 unspecified atom stereocenters. The molecule has 2 aromatic carbocycles. The van der Waals surface area contributed by atoms with Crippen molar-refractivity contribution < 1.29 is 4.42 Å². The topological polar surface area (TPSA) is 30.2 Å². The van der Waals surface area contributed by atoms with Gasteiger partial charge in [0.25, 0.3) is 0 Å². The molecule has 1 heterocycles. The molecule has 3 rings (SSSR count). The Hall–Kier alpha value is -1.55. The van der Waals surface area contributed by atoms with E-state index in [1.807, 2.05) is 37.3 Å². The van der Waals surface area contributed by atoms with Gasteiger partial charge < -0.3 is 0 Å². The number of unbranched alkanes of at least 4 members (excludes halogenated alkanes) is 3. The molecule has 0 aliphatic carbocycles. The SMILES string of the molecule is CCC[CH2][Sn]([CH2]CCC)([CH2]CCC)[c]1ccc2oc(-c3ccccc3)c(C)c(=O)c2c1. The van der Waals surface area contributed by atoms with Crippen molar-refractivity contribution in [2.45, 2.75) is 79.5 Å². The molecule has 0 atom stereocenters. The Morgan fingerprint density at radius 1 is 0.806 bits per heavy atom. The predicted octanol–water partition coefficient (Wildman–Crippen LogP) is 7.82. The molecule has 0 saturated heterocycles. The number of hydrogen-bond acceptors (Lipinski definition) is 2. The molecule has 0 amide bonds. The number of hydrogen-bond donors (Lipinski definition) is 0. The second-order valence-corrected chi connectivity index (χ2v) is 22.3. The molecule has 2 nitrogen and oxygen atoms in total. The van der Waals surface area contributed by atoms with E-state index in [0.29, 0.717) is 11.3 Å². The molecule has 0 radical (unpaired) electrons. The molecule has 3 aromatic rings. The van der Waals surface area contributed by atoms with Gasteiger partial charge >= 0.3 is 193 Å². The summed E-state index contributed by atoms with van der Waals surface area (Å²) < 4.78 is 12.0. The molecular formula is C28H38O2Sn. The van der Waals surface area contributed by atoms with E-state index in [1.165, 1.54) is 55.4 Å². The molecule has 0 saturated carbocycles. The van der Waals surface area contributed by atoms with Crippen molar-refractivity contribution in [1.82, 2.24) is 0 Å². The van der Waals surface area contributed by atoms with Gasteiger partial charge in [0.15, 0.2) is 0 Å². The molecule has 3 heteroatoms. The fourth-order valence-electron chi connectivity index (χ4n) is 4.84. The Balaban J connectivity index is 2.13. The summed E-state index contributed by atoms with van der Waals surface area (Å²) in [4.78, 5) is 13.4. The molecule has 1 aromatic heterocycles. The molecule has 31 heavy (non-hydrogen) atoms. The van der Waals surface area contributed by atoms with E-state index in [2.05, 4.69) is 39.0 Å². The van der Waals surface area contributed by atoms with Crippen LogP contribution in [-0.2, 0) is 0 Å². The van der Waals surface area contributed by atoms with Crippen LogP contribution in [0.2, 0.25) is 13.3 Å². The van der Waals surface area contributed by atoms with E-state index >= 15 is 0 Å². The van der Waals surface area contributed by atoms with Crippen molar-refractivity contribution in [3.8, 4) is 11.3 Å². The van der Waals surface area contributed by atoms with Gasteiger partial charge in [-0.05, 0) is 0 Å². The Morgan fingerprint density at radius 3 is 1.94 bits per heavy atom. The van der Waals surface area contributed by atoms with Gasteiger partial charge in [0, 0.05) is 0 Å². The van der Waals surface area contributed by atoms with Gasteiger partial charge in [0.05, 0.1) is 0 Å². The van der Waals surface area contributed by atoms with Gasteiger partial charge in [0.1, 0.15) is 0 Å². The van der Waals surface area contributed by atoms with Crippen molar-refractivity contribution in [2.24, 2.45) is 0 Å². The van der Waals surface area contributed by atoms with Gasteiger partial charge in [-0.15, -0.1) is 0 Å². The average Bonchev–Trinajstić information content (AvgIpc) is 2.81. The molecule has 0 bridgehead atoms. The Bertz CT molecular complexity index is 1010. The molecule has 0 aliphatic rings. The zero-order chi connectivity index (χ0) is 22.3. The van der Waals surface area contributed by atoms with E-state index < -0.39 is 18.4 Å². The third-order valence-corrected chi connectivity index (χ3v) is 22.4. The molecule has 0 N–H and O–H groups in total. The first-order chi connectivity index (χ1) is 15.1. The summed E-state index contributed by atoms with van der Waals surface area (Å²) in [6, 6.07) is 16.6. The van der Waals surface area contributed by atoms with Crippen LogP contribution in [0.25, 0.3) is 22.3 Å². The summed E-state index contributed by atoms with van der Waals surface area (Å²) in [6.07, 6.45) is 7.73. The zero-order valence-electron chi connectivity index (χ0n) is 19.8. The minimum absolute atomic E-state index is 0.128. The van der Waals surface area contributed by atoms with Gasteiger partial charge in [-0.2, -0.15) is 0 Å². The van der Waals surface area contributed by atoms with Crippen LogP contribution in [0, 0.1) is 6.92 Å². The summed E-state index contributed by atoms with van der Waals surface area (Å²) in [7, 11) is 0. The average molecular weight is 525 g/mol. The van der Waals surface area contributed by atoms with Crippen molar-refractivity contribution in [2.75, 3.05) is 0 Å². The van der Waals surface area contributed by atoms with Gasteiger partial charge in [-0.1, -0.05) is 0 Å². The van der Waals surface area contributed by atoms with Crippen molar-refractivity contribution in [1.29, 1.82) is 0 Å². The van der Waals surface area contributed by atoms with E-state index in [1.54, 1.807) is 0 Å². The van der Waals surface area contributed by atoms with Gasteiger partial charge in [-0.25, -0.2) is 0 Å². The van der Waals surface area contributed by atoms with Crippen LogP contribution in [0.5, 0.6) is 0 Å². The summed E-state index contributed by atoms with van der Waals surface area (Å²) in [5, 5.41) is 0.778. The molecular weight excluding hydrogens is 487 g/mol. The maximum atomic E-state index is 13.4. The number of rotatable bonds is 11. The van der Waals surface area contributed by atoms with Crippen LogP contribution >= 0.6 is 0 Å². The molecule has 0 spiro atoms.